The third-order valence-electron chi connectivity index (χ3n) is 3.47. The molecule has 0 saturated heterocycles. The summed E-state index contributed by atoms with van der Waals surface area (Å²) < 4.78 is 1.86. The number of aromatic nitrogens is 4. The van der Waals surface area contributed by atoms with Crippen LogP contribution in [0.1, 0.15) is 49.7 Å². The van der Waals surface area contributed by atoms with Gasteiger partial charge in [-0.1, -0.05) is 13.8 Å². The third kappa shape index (κ3) is 2.88. The van der Waals surface area contributed by atoms with Crippen LogP contribution < -0.4 is 5.32 Å². The normalized spacial score (nSPS) is 15.0. The smallest absolute Gasteiger partial charge is 0.131 e. The number of nitrogens with one attached hydrogen (secondary N) is 1. The van der Waals surface area contributed by atoms with E-state index in [2.05, 4.69) is 29.2 Å². The van der Waals surface area contributed by atoms with Crippen molar-refractivity contribution in [2.75, 3.05) is 0 Å². The second kappa shape index (κ2) is 5.32. The quantitative estimate of drug-likeness (QED) is 0.907. The first kappa shape index (κ1) is 13.2. The maximum Gasteiger partial charge on any atom is 0.131 e. The van der Waals surface area contributed by atoms with Crippen molar-refractivity contribution >= 4 is 0 Å². The minimum atomic E-state index is 0.336. The van der Waals surface area contributed by atoms with Crippen LogP contribution in [0.5, 0.6) is 0 Å². The molecule has 1 saturated carbocycles. The lowest BCUT2D eigenvalue weighted by Gasteiger charge is -2.12. The topological polar surface area (TPSA) is 55.6 Å². The monoisotopic (exact) mass is 271 g/mol. The van der Waals surface area contributed by atoms with Gasteiger partial charge < -0.3 is 5.32 Å². The van der Waals surface area contributed by atoms with E-state index < -0.39 is 0 Å². The van der Waals surface area contributed by atoms with E-state index in [-0.39, 0.29) is 0 Å². The van der Waals surface area contributed by atoms with Gasteiger partial charge in [-0.25, -0.2) is 14.6 Å². The fourth-order valence-electron chi connectivity index (χ4n) is 2.10. The highest BCUT2D eigenvalue weighted by atomic mass is 15.3. The number of hydrogen-bond donors (Lipinski definition) is 1. The number of hydrogen-bond acceptors (Lipinski definition) is 4. The van der Waals surface area contributed by atoms with Gasteiger partial charge in [0.15, 0.2) is 0 Å². The zero-order valence-corrected chi connectivity index (χ0v) is 12.3. The Hall–Kier alpha value is -1.75. The lowest BCUT2D eigenvalue weighted by Crippen LogP contribution is -2.19. The summed E-state index contributed by atoms with van der Waals surface area (Å²) in [6.45, 7) is 7.05. The van der Waals surface area contributed by atoms with Crippen molar-refractivity contribution in [1.82, 2.24) is 25.1 Å². The summed E-state index contributed by atoms with van der Waals surface area (Å²) in [5.74, 6) is 1.23. The van der Waals surface area contributed by atoms with Crippen molar-refractivity contribution in [1.29, 1.82) is 0 Å². The van der Waals surface area contributed by atoms with Crippen LogP contribution in [0.3, 0.4) is 0 Å². The summed E-state index contributed by atoms with van der Waals surface area (Å²) in [6.07, 6.45) is 8.30. The highest BCUT2D eigenvalue weighted by Gasteiger charge is 2.21. The van der Waals surface area contributed by atoms with Gasteiger partial charge in [-0.05, 0) is 25.3 Å². The molecule has 1 N–H and O–H groups in total. The molecule has 0 aliphatic heterocycles. The van der Waals surface area contributed by atoms with Gasteiger partial charge in [-0.2, -0.15) is 5.10 Å². The van der Waals surface area contributed by atoms with E-state index in [9.17, 15) is 0 Å². The number of rotatable bonds is 5. The van der Waals surface area contributed by atoms with Gasteiger partial charge in [0.05, 0.1) is 18.1 Å². The van der Waals surface area contributed by atoms with Crippen molar-refractivity contribution in [2.24, 2.45) is 0 Å². The minimum Gasteiger partial charge on any atom is -0.308 e. The Kier molecular flexibility index (Phi) is 3.53. The van der Waals surface area contributed by atoms with E-state index in [0.29, 0.717) is 12.0 Å². The van der Waals surface area contributed by atoms with Gasteiger partial charge in [0, 0.05) is 24.7 Å². The molecule has 106 valence electrons. The maximum atomic E-state index is 4.72. The Bertz CT molecular complexity index is 598. The average Bonchev–Trinajstić information content (AvgIpc) is 3.17. The van der Waals surface area contributed by atoms with Crippen LogP contribution in [-0.2, 0) is 6.54 Å². The maximum absolute atomic E-state index is 4.72. The van der Waals surface area contributed by atoms with E-state index >= 15 is 0 Å². The van der Waals surface area contributed by atoms with Crippen molar-refractivity contribution in [3.63, 3.8) is 0 Å². The SMILES string of the molecule is Cc1cnn(-c2cnc(C(C)C)nc2CNC2CC2)c1. The summed E-state index contributed by atoms with van der Waals surface area (Å²) in [6, 6.07) is 0.666. The largest absolute Gasteiger partial charge is 0.308 e. The molecule has 0 unspecified atom stereocenters. The molecular weight excluding hydrogens is 250 g/mol. The van der Waals surface area contributed by atoms with Crippen LogP contribution in [0.15, 0.2) is 18.6 Å². The van der Waals surface area contributed by atoms with Crippen molar-refractivity contribution in [3.8, 4) is 5.69 Å². The van der Waals surface area contributed by atoms with Crippen LogP contribution in [0.2, 0.25) is 0 Å². The van der Waals surface area contributed by atoms with E-state index in [4.69, 9.17) is 4.98 Å². The van der Waals surface area contributed by atoms with Gasteiger partial charge in [0.25, 0.3) is 0 Å². The molecule has 20 heavy (non-hydrogen) atoms. The van der Waals surface area contributed by atoms with Crippen molar-refractivity contribution < 1.29 is 0 Å². The second-order valence-electron chi connectivity index (χ2n) is 5.83. The summed E-state index contributed by atoms with van der Waals surface area (Å²) in [4.78, 5) is 9.19. The van der Waals surface area contributed by atoms with E-state index in [1.807, 2.05) is 30.2 Å². The molecule has 0 amide bonds. The van der Waals surface area contributed by atoms with Crippen molar-refractivity contribution in [3.05, 3.63) is 35.7 Å². The predicted octanol–water partition coefficient (Wildman–Crippen LogP) is 2.35. The summed E-state index contributed by atoms with van der Waals surface area (Å²) in [5, 5.41) is 7.90. The van der Waals surface area contributed by atoms with Crippen LogP contribution in [-0.4, -0.2) is 25.8 Å². The third-order valence-corrected chi connectivity index (χ3v) is 3.47. The molecule has 0 aromatic carbocycles. The van der Waals surface area contributed by atoms with E-state index in [0.717, 1.165) is 29.3 Å². The average molecular weight is 271 g/mol. The Labute approximate surface area is 119 Å². The molecule has 5 heteroatoms. The fraction of sp³-hybridized carbons (Fsp3) is 0.533. The molecule has 0 bridgehead atoms. The summed E-state index contributed by atoms with van der Waals surface area (Å²) in [7, 11) is 0. The molecule has 2 aromatic heterocycles. The number of nitrogens with zero attached hydrogens (tertiary/aromatic N) is 4. The minimum absolute atomic E-state index is 0.336. The lowest BCUT2D eigenvalue weighted by molar-refractivity contribution is 0.650. The van der Waals surface area contributed by atoms with Crippen molar-refractivity contribution in [2.45, 2.75) is 52.1 Å². The van der Waals surface area contributed by atoms with Crippen LogP contribution in [0, 0.1) is 6.92 Å². The zero-order valence-electron chi connectivity index (χ0n) is 12.3. The molecule has 1 aliphatic carbocycles. The highest BCUT2D eigenvalue weighted by molar-refractivity contribution is 5.34. The van der Waals surface area contributed by atoms with Gasteiger partial charge in [-0.15, -0.1) is 0 Å². The Morgan fingerprint density at radius 3 is 2.75 bits per heavy atom. The Morgan fingerprint density at radius 2 is 2.15 bits per heavy atom. The van der Waals surface area contributed by atoms with Gasteiger partial charge >= 0.3 is 0 Å². The predicted molar refractivity (Wildman–Crippen MR) is 77.8 cm³/mol. The van der Waals surface area contributed by atoms with Crippen LogP contribution >= 0.6 is 0 Å². The zero-order chi connectivity index (χ0) is 14.1. The van der Waals surface area contributed by atoms with Crippen LogP contribution in [0.25, 0.3) is 5.69 Å². The van der Waals surface area contributed by atoms with Crippen LogP contribution in [0.4, 0.5) is 0 Å². The van der Waals surface area contributed by atoms with E-state index in [1.54, 1.807) is 0 Å². The Morgan fingerprint density at radius 1 is 1.35 bits per heavy atom. The highest BCUT2D eigenvalue weighted by Crippen LogP contribution is 2.21. The summed E-state index contributed by atoms with van der Waals surface area (Å²) >= 11 is 0. The molecule has 2 aromatic rings. The van der Waals surface area contributed by atoms with Gasteiger partial charge in [0.2, 0.25) is 0 Å². The fourth-order valence-corrected chi connectivity index (χ4v) is 2.10. The summed E-state index contributed by atoms with van der Waals surface area (Å²) in [5.41, 5.74) is 3.13. The molecular formula is C15H21N5. The lowest BCUT2D eigenvalue weighted by atomic mass is 10.2. The molecule has 5 nitrogen and oxygen atoms in total. The molecule has 0 spiro atoms. The Balaban J connectivity index is 1.93. The number of aryl methyl sites for hydroxylation is 1. The first-order chi connectivity index (χ1) is 9.63. The first-order valence-corrected chi connectivity index (χ1v) is 7.24. The van der Waals surface area contributed by atoms with E-state index in [1.165, 1.54) is 12.8 Å². The molecule has 0 atom stereocenters. The molecule has 1 fully saturated rings. The molecule has 3 rings (SSSR count). The molecule has 2 heterocycles. The second-order valence-corrected chi connectivity index (χ2v) is 5.83. The molecule has 0 radical (unpaired) electrons. The first-order valence-electron chi connectivity index (χ1n) is 7.24. The standard InChI is InChI=1S/C15H21N5/c1-10(2)15-17-8-14(20-9-11(3)6-18-20)13(19-15)7-16-12-4-5-12/h6,8-10,12,16H,4-5,7H2,1-3H3. The molecule has 1 aliphatic rings. The van der Waals surface area contributed by atoms with Gasteiger partial charge in [-0.3, -0.25) is 0 Å². The van der Waals surface area contributed by atoms with Gasteiger partial charge in [0.1, 0.15) is 11.5 Å².